The zero-order valence-corrected chi connectivity index (χ0v) is 19.9. The van der Waals surface area contributed by atoms with Crippen LogP contribution in [0.15, 0.2) is 34.9 Å². The summed E-state index contributed by atoms with van der Waals surface area (Å²) in [6.45, 7) is 8.85. The first-order valence-electron chi connectivity index (χ1n) is 10.9. The first-order valence-corrected chi connectivity index (χ1v) is 11.7. The van der Waals surface area contributed by atoms with E-state index in [9.17, 15) is 14.9 Å². The van der Waals surface area contributed by atoms with Crippen LogP contribution < -0.4 is 5.32 Å². The van der Waals surface area contributed by atoms with Gasteiger partial charge in [0.05, 0.1) is 29.8 Å². The quantitative estimate of drug-likeness (QED) is 0.602. The minimum absolute atomic E-state index is 0.0533. The van der Waals surface area contributed by atoms with Crippen molar-refractivity contribution in [2.75, 3.05) is 38.0 Å². The summed E-state index contributed by atoms with van der Waals surface area (Å²) >= 11 is 1.51. The molecule has 0 spiro atoms. The number of amides is 2. The number of piperazine rings is 1. The monoisotopic (exact) mass is 465 g/mol. The summed E-state index contributed by atoms with van der Waals surface area (Å²) in [5, 5.41) is 12.6. The van der Waals surface area contributed by atoms with Crippen LogP contribution >= 0.6 is 11.3 Å². The van der Waals surface area contributed by atoms with Gasteiger partial charge in [0.2, 0.25) is 5.91 Å². The van der Waals surface area contributed by atoms with Crippen LogP contribution in [0.3, 0.4) is 0 Å². The third-order valence-corrected chi connectivity index (χ3v) is 7.06. The molecule has 172 valence electrons. The van der Waals surface area contributed by atoms with E-state index in [0.29, 0.717) is 44.1 Å². The average molecular weight is 466 g/mol. The van der Waals surface area contributed by atoms with Gasteiger partial charge >= 0.3 is 0 Å². The van der Waals surface area contributed by atoms with Crippen molar-refractivity contribution in [1.29, 1.82) is 5.26 Å². The van der Waals surface area contributed by atoms with E-state index >= 15 is 0 Å². The van der Waals surface area contributed by atoms with Crippen LogP contribution in [-0.4, -0.2) is 58.9 Å². The molecule has 4 rings (SSSR count). The fourth-order valence-electron chi connectivity index (χ4n) is 4.08. The average Bonchev–Trinajstić information content (AvgIpc) is 3.52. The number of hydrogen-bond acceptors (Lipinski definition) is 6. The molecule has 1 N–H and O–H groups in total. The summed E-state index contributed by atoms with van der Waals surface area (Å²) in [6, 6.07) is 9.74. The van der Waals surface area contributed by atoms with Crippen molar-refractivity contribution >= 4 is 29.0 Å². The first kappa shape index (κ1) is 22.8. The third-order valence-electron chi connectivity index (χ3n) is 6.07. The molecule has 0 aliphatic carbocycles. The summed E-state index contributed by atoms with van der Waals surface area (Å²) in [5.41, 5.74) is 2.22. The maximum atomic E-state index is 12.9. The largest absolute Gasteiger partial charge is 0.467 e. The number of aryl methyl sites for hydroxylation is 1. The highest BCUT2D eigenvalue weighted by atomic mass is 32.1. The Morgan fingerprint density at radius 2 is 1.91 bits per heavy atom. The fourth-order valence-corrected chi connectivity index (χ4v) is 4.91. The van der Waals surface area contributed by atoms with Gasteiger partial charge in [-0.05, 0) is 50.6 Å². The molecule has 33 heavy (non-hydrogen) atoms. The molecule has 1 aliphatic heterocycles. The second-order valence-corrected chi connectivity index (χ2v) is 9.53. The second kappa shape index (κ2) is 9.65. The highest BCUT2D eigenvalue weighted by molar-refractivity contribution is 7.13. The maximum absolute atomic E-state index is 12.9. The number of carbonyl (C=O) groups is 2. The normalized spacial score (nSPS) is 14.3. The van der Waals surface area contributed by atoms with Gasteiger partial charge < -0.3 is 19.2 Å². The zero-order chi connectivity index (χ0) is 23.5. The number of aromatic nitrogens is 1. The van der Waals surface area contributed by atoms with Crippen molar-refractivity contribution in [1.82, 2.24) is 14.4 Å². The Hall–Kier alpha value is -3.35. The van der Waals surface area contributed by atoms with E-state index < -0.39 is 0 Å². The number of furan rings is 1. The van der Waals surface area contributed by atoms with Gasteiger partial charge in [-0.2, -0.15) is 5.26 Å². The summed E-state index contributed by atoms with van der Waals surface area (Å²) in [6.07, 6.45) is 1.61. The van der Waals surface area contributed by atoms with Gasteiger partial charge in [-0.25, -0.2) is 0 Å². The van der Waals surface area contributed by atoms with Gasteiger partial charge in [0.1, 0.15) is 17.6 Å². The van der Waals surface area contributed by atoms with E-state index in [0.717, 1.165) is 26.8 Å². The highest BCUT2D eigenvalue weighted by Gasteiger charge is 2.25. The Balaban J connectivity index is 1.39. The van der Waals surface area contributed by atoms with E-state index in [1.54, 1.807) is 6.26 Å². The van der Waals surface area contributed by atoms with Crippen LogP contribution in [0.25, 0.3) is 0 Å². The SMILES string of the molecule is Cc1ccc(C(=O)N2CCN(CC(=O)Nc3c(C#N)c(C)c(C)n3Cc3ccco3)CC2)s1. The number of nitrogens with one attached hydrogen (secondary N) is 1. The van der Waals surface area contributed by atoms with Gasteiger partial charge in [-0.3, -0.25) is 14.5 Å². The third kappa shape index (κ3) is 4.87. The first-order chi connectivity index (χ1) is 15.9. The second-order valence-electron chi connectivity index (χ2n) is 8.24. The molecule has 3 aromatic rings. The van der Waals surface area contributed by atoms with Crippen molar-refractivity contribution in [3.63, 3.8) is 0 Å². The predicted molar refractivity (Wildman–Crippen MR) is 126 cm³/mol. The molecule has 4 heterocycles. The van der Waals surface area contributed by atoms with Crippen LogP contribution in [0.2, 0.25) is 0 Å². The molecule has 3 aromatic heterocycles. The Labute approximate surface area is 197 Å². The lowest BCUT2D eigenvalue weighted by atomic mass is 10.2. The zero-order valence-electron chi connectivity index (χ0n) is 19.1. The number of nitriles is 1. The number of hydrogen-bond donors (Lipinski definition) is 1. The predicted octanol–water partition coefficient (Wildman–Crippen LogP) is 3.38. The minimum Gasteiger partial charge on any atom is -0.467 e. The molecule has 1 aliphatic rings. The number of nitrogens with zero attached hydrogens (tertiary/aromatic N) is 4. The van der Waals surface area contributed by atoms with Gasteiger partial charge in [-0.1, -0.05) is 0 Å². The van der Waals surface area contributed by atoms with Crippen molar-refractivity contribution in [2.24, 2.45) is 0 Å². The standard InChI is InChI=1S/C24H27N5O3S/c1-16-6-7-21(33-16)24(31)28-10-8-27(9-11-28)15-22(30)26-23-20(13-25)17(2)18(3)29(23)14-19-5-4-12-32-19/h4-7,12H,8-11,14-15H2,1-3H3,(H,26,30). The lowest BCUT2D eigenvalue weighted by Gasteiger charge is -2.34. The van der Waals surface area contributed by atoms with Crippen molar-refractivity contribution < 1.29 is 14.0 Å². The lowest BCUT2D eigenvalue weighted by Crippen LogP contribution is -2.50. The molecule has 0 unspecified atom stereocenters. The number of carbonyl (C=O) groups excluding carboxylic acids is 2. The van der Waals surface area contributed by atoms with Crippen molar-refractivity contribution in [3.8, 4) is 6.07 Å². The van der Waals surface area contributed by atoms with Crippen molar-refractivity contribution in [2.45, 2.75) is 27.3 Å². The molecular formula is C24H27N5O3S. The van der Waals surface area contributed by atoms with E-state index in [4.69, 9.17) is 4.42 Å². The smallest absolute Gasteiger partial charge is 0.264 e. The molecule has 0 atom stereocenters. The Morgan fingerprint density at radius 3 is 2.52 bits per heavy atom. The van der Waals surface area contributed by atoms with E-state index in [1.807, 2.05) is 59.4 Å². The molecule has 0 bridgehead atoms. The highest BCUT2D eigenvalue weighted by Crippen LogP contribution is 2.27. The molecule has 2 amide bonds. The number of rotatable bonds is 6. The van der Waals surface area contributed by atoms with Crippen LogP contribution in [0.4, 0.5) is 5.82 Å². The molecule has 8 nitrogen and oxygen atoms in total. The van der Waals surface area contributed by atoms with E-state index in [-0.39, 0.29) is 18.4 Å². The van der Waals surface area contributed by atoms with Crippen LogP contribution in [0, 0.1) is 32.1 Å². The Kier molecular flexibility index (Phi) is 6.67. The van der Waals surface area contributed by atoms with Gasteiger partial charge in [0.25, 0.3) is 5.91 Å². The van der Waals surface area contributed by atoms with Crippen LogP contribution in [0.1, 0.15) is 37.1 Å². The molecule has 0 radical (unpaired) electrons. The molecule has 1 saturated heterocycles. The molecular weight excluding hydrogens is 438 g/mol. The molecule has 1 fully saturated rings. The Bertz CT molecular complexity index is 1190. The van der Waals surface area contributed by atoms with E-state index in [1.165, 1.54) is 11.3 Å². The van der Waals surface area contributed by atoms with Crippen LogP contribution in [0.5, 0.6) is 0 Å². The summed E-state index contributed by atoms with van der Waals surface area (Å²) in [5.74, 6) is 1.11. The number of thiophene rings is 1. The van der Waals surface area contributed by atoms with Gasteiger partial charge in [0, 0.05) is 36.8 Å². The Morgan fingerprint density at radius 1 is 1.15 bits per heavy atom. The minimum atomic E-state index is -0.182. The topological polar surface area (TPSA) is 94.5 Å². The summed E-state index contributed by atoms with van der Waals surface area (Å²) in [7, 11) is 0. The lowest BCUT2D eigenvalue weighted by molar-refractivity contribution is -0.117. The maximum Gasteiger partial charge on any atom is 0.264 e. The van der Waals surface area contributed by atoms with Gasteiger partial charge in [0.15, 0.2) is 0 Å². The number of anilines is 1. The fraction of sp³-hybridized carbons (Fsp3) is 0.375. The molecule has 0 aromatic carbocycles. The summed E-state index contributed by atoms with van der Waals surface area (Å²) in [4.78, 5) is 31.3. The molecule has 0 saturated carbocycles. The van der Waals surface area contributed by atoms with Gasteiger partial charge in [-0.15, -0.1) is 11.3 Å². The van der Waals surface area contributed by atoms with Crippen molar-refractivity contribution in [3.05, 3.63) is 62.9 Å². The molecule has 9 heteroatoms. The summed E-state index contributed by atoms with van der Waals surface area (Å²) < 4.78 is 7.37. The van der Waals surface area contributed by atoms with Crippen LogP contribution in [-0.2, 0) is 11.3 Å². The van der Waals surface area contributed by atoms with E-state index in [2.05, 4.69) is 11.4 Å².